The van der Waals surface area contributed by atoms with Crippen LogP contribution < -0.4 is 5.32 Å². The van der Waals surface area contributed by atoms with Crippen molar-refractivity contribution in [1.82, 2.24) is 24.7 Å². The molecule has 130 valence electrons. The molecule has 0 aliphatic carbocycles. The van der Waals surface area contributed by atoms with Gasteiger partial charge < -0.3 is 9.88 Å². The Morgan fingerprint density at radius 1 is 0.923 bits per heavy atom. The third-order valence-corrected chi connectivity index (χ3v) is 4.46. The van der Waals surface area contributed by atoms with Gasteiger partial charge in [0.1, 0.15) is 11.6 Å². The summed E-state index contributed by atoms with van der Waals surface area (Å²) in [5, 5.41) is 12.7. The Balaban J connectivity index is 1.62. The molecule has 1 N–H and O–H groups in total. The number of hydrogen-bond acceptors (Lipinski definition) is 5. The van der Waals surface area contributed by atoms with Gasteiger partial charge in [-0.3, -0.25) is 0 Å². The summed E-state index contributed by atoms with van der Waals surface area (Å²) in [5.41, 5.74) is 2.95. The number of anilines is 1. The van der Waals surface area contributed by atoms with Gasteiger partial charge in [0.25, 0.3) is 0 Å². The summed E-state index contributed by atoms with van der Waals surface area (Å²) in [6.45, 7) is 2.64. The Labute approximate surface area is 152 Å². The zero-order valence-corrected chi connectivity index (χ0v) is 14.8. The smallest absolute Gasteiger partial charge is 0.223 e. The summed E-state index contributed by atoms with van der Waals surface area (Å²) in [7, 11) is 1.98. The van der Waals surface area contributed by atoms with Gasteiger partial charge in [-0.2, -0.15) is 0 Å². The van der Waals surface area contributed by atoms with E-state index in [-0.39, 0.29) is 0 Å². The first-order valence-electron chi connectivity index (χ1n) is 8.63. The second-order valence-corrected chi connectivity index (χ2v) is 6.18. The largest absolute Gasteiger partial charge is 0.354 e. The lowest BCUT2D eigenvalue weighted by molar-refractivity contribution is 0.769. The Morgan fingerprint density at radius 2 is 1.69 bits per heavy atom. The molecule has 4 rings (SSSR count). The Kier molecular flexibility index (Phi) is 4.31. The number of aryl methyl sites for hydroxylation is 1. The van der Waals surface area contributed by atoms with Crippen molar-refractivity contribution in [3.63, 3.8) is 0 Å². The van der Waals surface area contributed by atoms with Crippen LogP contribution in [0.4, 0.5) is 5.95 Å². The molecule has 6 nitrogen and oxygen atoms in total. The van der Waals surface area contributed by atoms with Crippen LogP contribution in [0.2, 0.25) is 0 Å². The van der Waals surface area contributed by atoms with Crippen LogP contribution in [0.3, 0.4) is 0 Å². The first kappa shape index (κ1) is 16.2. The summed E-state index contributed by atoms with van der Waals surface area (Å²) in [6.07, 6.45) is 0.758. The molecule has 2 aromatic carbocycles. The van der Waals surface area contributed by atoms with E-state index in [0.717, 1.165) is 40.2 Å². The van der Waals surface area contributed by atoms with Crippen molar-refractivity contribution in [2.75, 3.05) is 11.9 Å². The molecular formula is C20H20N6. The van der Waals surface area contributed by atoms with Crippen LogP contribution in [0.1, 0.15) is 11.6 Å². The number of nitrogens with one attached hydrogen (secondary N) is 1. The average Bonchev–Trinajstić information content (AvgIpc) is 3.00. The predicted molar refractivity (Wildman–Crippen MR) is 103 cm³/mol. The molecule has 0 aliphatic heterocycles. The highest BCUT2D eigenvalue weighted by Gasteiger charge is 2.10. The molecule has 0 saturated carbocycles. The van der Waals surface area contributed by atoms with Crippen LogP contribution in [0.25, 0.3) is 22.2 Å². The van der Waals surface area contributed by atoms with Crippen molar-refractivity contribution in [3.8, 4) is 11.3 Å². The van der Waals surface area contributed by atoms with Crippen LogP contribution >= 0.6 is 0 Å². The average molecular weight is 344 g/mol. The van der Waals surface area contributed by atoms with E-state index in [2.05, 4.69) is 38.7 Å². The highest BCUT2D eigenvalue weighted by Crippen LogP contribution is 2.26. The molecule has 0 atom stereocenters. The van der Waals surface area contributed by atoms with Crippen molar-refractivity contribution >= 4 is 16.9 Å². The molecule has 0 radical (unpaired) electrons. The monoisotopic (exact) mass is 344 g/mol. The van der Waals surface area contributed by atoms with Gasteiger partial charge in [-0.1, -0.05) is 48.5 Å². The van der Waals surface area contributed by atoms with Crippen LogP contribution in [-0.2, 0) is 13.5 Å². The fraction of sp³-hybridized carbons (Fsp3) is 0.200. The van der Waals surface area contributed by atoms with Gasteiger partial charge in [0.15, 0.2) is 0 Å². The fourth-order valence-corrected chi connectivity index (χ4v) is 2.93. The standard InChI is InChI=1S/C20H20N6/c1-14-24-25-18(26(14)2)12-13-21-20-22-17-11-7-6-10-16(17)19(23-20)15-8-4-3-5-9-15/h3-11H,12-13H2,1-2H3,(H,21,22,23). The van der Waals surface area contributed by atoms with Gasteiger partial charge >= 0.3 is 0 Å². The molecule has 2 heterocycles. The van der Waals surface area contributed by atoms with Crippen LogP contribution in [0.5, 0.6) is 0 Å². The molecule has 0 fully saturated rings. The number of rotatable bonds is 5. The van der Waals surface area contributed by atoms with Crippen molar-refractivity contribution in [2.24, 2.45) is 7.05 Å². The summed E-state index contributed by atoms with van der Waals surface area (Å²) in [4.78, 5) is 9.42. The third kappa shape index (κ3) is 3.13. The van der Waals surface area contributed by atoms with Crippen molar-refractivity contribution in [3.05, 3.63) is 66.2 Å². The quantitative estimate of drug-likeness (QED) is 0.601. The molecule has 6 heteroatoms. The van der Waals surface area contributed by atoms with E-state index in [4.69, 9.17) is 4.98 Å². The maximum Gasteiger partial charge on any atom is 0.223 e. The zero-order valence-electron chi connectivity index (χ0n) is 14.8. The molecule has 0 unspecified atom stereocenters. The maximum absolute atomic E-state index is 4.76. The first-order chi connectivity index (χ1) is 12.7. The Bertz CT molecular complexity index is 1040. The van der Waals surface area contributed by atoms with Gasteiger partial charge in [0, 0.05) is 31.0 Å². The van der Waals surface area contributed by atoms with Crippen molar-refractivity contribution < 1.29 is 0 Å². The summed E-state index contributed by atoms with van der Waals surface area (Å²) < 4.78 is 2.00. The number of benzene rings is 2. The molecule has 0 amide bonds. The zero-order chi connectivity index (χ0) is 17.9. The van der Waals surface area contributed by atoms with E-state index in [1.54, 1.807) is 0 Å². The minimum Gasteiger partial charge on any atom is -0.354 e. The number of aromatic nitrogens is 5. The van der Waals surface area contributed by atoms with Crippen molar-refractivity contribution in [1.29, 1.82) is 0 Å². The number of para-hydroxylation sites is 1. The predicted octanol–water partition coefficient (Wildman–Crippen LogP) is 3.39. The summed E-state index contributed by atoms with van der Waals surface area (Å²) in [5.74, 6) is 2.48. The molecule has 0 spiro atoms. The highest BCUT2D eigenvalue weighted by atomic mass is 15.3. The van der Waals surface area contributed by atoms with Gasteiger partial charge in [0.05, 0.1) is 11.2 Å². The lowest BCUT2D eigenvalue weighted by Gasteiger charge is -2.10. The van der Waals surface area contributed by atoms with Gasteiger partial charge in [0.2, 0.25) is 5.95 Å². The second kappa shape index (κ2) is 6.92. The maximum atomic E-state index is 4.76. The van der Waals surface area contributed by atoms with E-state index >= 15 is 0 Å². The molecule has 0 saturated heterocycles. The van der Waals surface area contributed by atoms with Crippen LogP contribution in [0.15, 0.2) is 54.6 Å². The Hall–Kier alpha value is -3.28. The van der Waals surface area contributed by atoms with E-state index in [1.165, 1.54) is 0 Å². The molecule has 26 heavy (non-hydrogen) atoms. The molecule has 2 aromatic heterocycles. The lowest BCUT2D eigenvalue weighted by atomic mass is 10.1. The second-order valence-electron chi connectivity index (χ2n) is 6.18. The lowest BCUT2D eigenvalue weighted by Crippen LogP contribution is -2.11. The third-order valence-electron chi connectivity index (χ3n) is 4.46. The van der Waals surface area contributed by atoms with Gasteiger partial charge in [-0.15, -0.1) is 10.2 Å². The number of nitrogens with zero attached hydrogens (tertiary/aromatic N) is 5. The van der Waals surface area contributed by atoms with E-state index < -0.39 is 0 Å². The van der Waals surface area contributed by atoms with Crippen LogP contribution in [0, 0.1) is 6.92 Å². The SMILES string of the molecule is Cc1nnc(CCNc2nc(-c3ccccc3)c3ccccc3n2)n1C. The highest BCUT2D eigenvalue weighted by molar-refractivity contribution is 5.93. The van der Waals surface area contributed by atoms with Crippen molar-refractivity contribution in [2.45, 2.75) is 13.3 Å². The number of hydrogen-bond donors (Lipinski definition) is 1. The minimum absolute atomic E-state index is 0.626. The Morgan fingerprint density at radius 3 is 2.46 bits per heavy atom. The van der Waals surface area contributed by atoms with E-state index in [1.807, 2.05) is 54.9 Å². The van der Waals surface area contributed by atoms with Crippen LogP contribution in [-0.4, -0.2) is 31.3 Å². The topological polar surface area (TPSA) is 68.5 Å². The summed E-state index contributed by atoms with van der Waals surface area (Å²) >= 11 is 0. The molecule has 0 bridgehead atoms. The van der Waals surface area contributed by atoms with E-state index in [0.29, 0.717) is 12.5 Å². The normalized spacial score (nSPS) is 11.0. The molecular weight excluding hydrogens is 324 g/mol. The molecule has 4 aromatic rings. The fourth-order valence-electron chi connectivity index (χ4n) is 2.93. The number of fused-ring (bicyclic) bond motifs is 1. The molecule has 0 aliphatic rings. The minimum atomic E-state index is 0.626. The van der Waals surface area contributed by atoms with Gasteiger partial charge in [-0.25, -0.2) is 9.97 Å². The van der Waals surface area contributed by atoms with Gasteiger partial charge in [-0.05, 0) is 13.0 Å². The first-order valence-corrected chi connectivity index (χ1v) is 8.63. The van der Waals surface area contributed by atoms with E-state index in [9.17, 15) is 0 Å². The summed E-state index contributed by atoms with van der Waals surface area (Å²) in [6, 6.07) is 18.3.